The minimum Gasteiger partial charge on any atom is -0.478 e. The number of carboxylic acids is 1. The fourth-order valence-electron chi connectivity index (χ4n) is 1.77. The third kappa shape index (κ3) is 4.15. The van der Waals surface area contributed by atoms with E-state index in [-0.39, 0.29) is 23.1 Å². The number of nitrogens with zero attached hydrogens (tertiary/aromatic N) is 1. The third-order valence-corrected chi connectivity index (χ3v) is 3.25. The second-order valence-corrected chi connectivity index (χ2v) is 5.47. The SMILES string of the molecule is C#CCC(C)(Oc1ccc(Oc2ncc(Cl)cc2F)cc1)C(=O)O. The van der Waals surface area contributed by atoms with E-state index in [1.165, 1.54) is 37.4 Å². The predicted octanol–water partition coefficient (Wildman–Crippen LogP) is 3.91. The fraction of sp³-hybridized carbons (Fsp3) is 0.176. The summed E-state index contributed by atoms with van der Waals surface area (Å²) in [6, 6.07) is 7.04. The van der Waals surface area contributed by atoms with Gasteiger partial charge in [0.1, 0.15) is 11.5 Å². The van der Waals surface area contributed by atoms with Gasteiger partial charge in [0.05, 0.1) is 11.4 Å². The number of terminal acetylenes is 1. The molecule has 0 saturated carbocycles. The topological polar surface area (TPSA) is 68.7 Å². The van der Waals surface area contributed by atoms with Crippen molar-refractivity contribution in [3.05, 3.63) is 47.4 Å². The monoisotopic (exact) mass is 349 g/mol. The third-order valence-electron chi connectivity index (χ3n) is 3.05. The Labute approximate surface area is 143 Å². The van der Waals surface area contributed by atoms with Crippen LogP contribution in [0.2, 0.25) is 5.02 Å². The van der Waals surface area contributed by atoms with E-state index < -0.39 is 17.4 Å². The summed E-state index contributed by atoms with van der Waals surface area (Å²) in [5.41, 5.74) is -1.54. The highest BCUT2D eigenvalue weighted by atomic mass is 35.5. The molecule has 0 aliphatic carbocycles. The first-order valence-electron chi connectivity index (χ1n) is 6.79. The van der Waals surface area contributed by atoms with Gasteiger partial charge in [-0.15, -0.1) is 12.3 Å². The van der Waals surface area contributed by atoms with E-state index in [0.717, 1.165) is 6.07 Å². The van der Waals surface area contributed by atoms with E-state index in [4.69, 9.17) is 27.5 Å². The van der Waals surface area contributed by atoms with Gasteiger partial charge in [-0.1, -0.05) is 11.6 Å². The summed E-state index contributed by atoms with van der Waals surface area (Å²) in [5, 5.41) is 9.38. The molecule has 1 aromatic heterocycles. The second kappa shape index (κ2) is 7.20. The number of halogens is 2. The van der Waals surface area contributed by atoms with Crippen molar-refractivity contribution in [1.29, 1.82) is 0 Å². The lowest BCUT2D eigenvalue weighted by Crippen LogP contribution is -2.41. The molecule has 0 fully saturated rings. The van der Waals surface area contributed by atoms with Gasteiger partial charge in [-0.05, 0) is 37.3 Å². The lowest BCUT2D eigenvalue weighted by atomic mass is 10.0. The minimum atomic E-state index is -1.54. The number of ether oxygens (including phenoxy) is 2. The molecule has 7 heteroatoms. The average molecular weight is 350 g/mol. The van der Waals surface area contributed by atoms with Gasteiger partial charge in [0, 0.05) is 6.20 Å². The van der Waals surface area contributed by atoms with Crippen molar-refractivity contribution >= 4 is 17.6 Å². The Morgan fingerprint density at radius 1 is 1.42 bits per heavy atom. The Balaban J connectivity index is 2.13. The van der Waals surface area contributed by atoms with Gasteiger partial charge >= 0.3 is 5.97 Å². The average Bonchev–Trinajstić information content (AvgIpc) is 2.52. The number of carbonyl (C=O) groups is 1. The first kappa shape index (κ1) is 17.6. The number of rotatable bonds is 6. The normalized spacial score (nSPS) is 12.8. The van der Waals surface area contributed by atoms with Crippen LogP contribution in [0.5, 0.6) is 17.4 Å². The molecule has 0 spiro atoms. The first-order chi connectivity index (χ1) is 11.3. The molecule has 1 atom stereocenters. The quantitative estimate of drug-likeness (QED) is 0.801. The van der Waals surface area contributed by atoms with E-state index in [0.29, 0.717) is 5.75 Å². The minimum absolute atomic E-state index is 0.0967. The Morgan fingerprint density at radius 2 is 2.04 bits per heavy atom. The van der Waals surface area contributed by atoms with Gasteiger partial charge in [0.15, 0.2) is 5.82 Å². The largest absolute Gasteiger partial charge is 0.478 e. The van der Waals surface area contributed by atoms with Crippen LogP contribution in [0.3, 0.4) is 0 Å². The molecule has 0 bridgehead atoms. The zero-order valence-electron chi connectivity index (χ0n) is 12.6. The molecule has 1 unspecified atom stereocenters. The molecule has 124 valence electrons. The molecule has 5 nitrogen and oxygen atoms in total. The van der Waals surface area contributed by atoms with E-state index >= 15 is 0 Å². The van der Waals surface area contributed by atoms with Gasteiger partial charge < -0.3 is 14.6 Å². The number of aromatic nitrogens is 1. The summed E-state index contributed by atoms with van der Waals surface area (Å²) in [5.74, 6) is 0.756. The van der Waals surface area contributed by atoms with Gasteiger partial charge in [-0.2, -0.15) is 0 Å². The highest BCUT2D eigenvalue weighted by Gasteiger charge is 2.34. The number of benzene rings is 1. The van der Waals surface area contributed by atoms with Crippen molar-refractivity contribution in [3.63, 3.8) is 0 Å². The molecule has 0 aliphatic heterocycles. The second-order valence-electron chi connectivity index (χ2n) is 5.03. The molecule has 0 aliphatic rings. The van der Waals surface area contributed by atoms with Gasteiger partial charge in [-0.3, -0.25) is 0 Å². The lowest BCUT2D eigenvalue weighted by Gasteiger charge is -2.24. The van der Waals surface area contributed by atoms with E-state index in [1.54, 1.807) is 0 Å². The number of aliphatic carboxylic acids is 1. The Hall–Kier alpha value is -2.78. The number of pyridine rings is 1. The van der Waals surface area contributed by atoms with Crippen LogP contribution in [0.25, 0.3) is 0 Å². The summed E-state index contributed by atoms with van der Waals surface area (Å²) in [4.78, 5) is 15.0. The van der Waals surface area contributed by atoms with Crippen molar-refractivity contribution < 1.29 is 23.8 Å². The molecule has 0 saturated heterocycles. The molecular weight excluding hydrogens is 337 g/mol. The molecule has 0 amide bonds. The van der Waals surface area contributed by atoms with E-state index in [2.05, 4.69) is 10.9 Å². The van der Waals surface area contributed by atoms with Crippen molar-refractivity contribution in [3.8, 4) is 29.7 Å². The van der Waals surface area contributed by atoms with Crippen LogP contribution in [0.15, 0.2) is 36.5 Å². The number of carboxylic acid groups (broad SMARTS) is 1. The Kier molecular flexibility index (Phi) is 5.27. The Bertz CT molecular complexity index is 788. The summed E-state index contributed by atoms with van der Waals surface area (Å²) in [6.45, 7) is 1.38. The van der Waals surface area contributed by atoms with Gasteiger partial charge in [0.2, 0.25) is 5.60 Å². The van der Waals surface area contributed by atoms with Crippen LogP contribution < -0.4 is 9.47 Å². The van der Waals surface area contributed by atoms with Crippen LogP contribution in [-0.2, 0) is 4.79 Å². The molecule has 1 N–H and O–H groups in total. The van der Waals surface area contributed by atoms with Gasteiger partial charge in [-0.25, -0.2) is 14.2 Å². The fourth-order valence-corrected chi connectivity index (χ4v) is 1.92. The standard InChI is InChI=1S/C17H13ClFNO4/c1-3-8-17(2,16(21)22)24-13-6-4-12(5-7-13)23-15-14(19)9-11(18)10-20-15/h1,4-7,9-10H,8H2,2H3,(H,21,22). The maximum absolute atomic E-state index is 13.6. The zero-order chi connectivity index (χ0) is 17.7. The van der Waals surface area contributed by atoms with Crippen molar-refractivity contribution in [1.82, 2.24) is 4.98 Å². The van der Waals surface area contributed by atoms with Crippen LogP contribution in [0.4, 0.5) is 4.39 Å². The number of hydrogen-bond donors (Lipinski definition) is 1. The summed E-state index contributed by atoms with van der Waals surface area (Å²) < 4.78 is 24.4. The molecular formula is C17H13ClFNO4. The van der Waals surface area contributed by atoms with Crippen LogP contribution in [0.1, 0.15) is 13.3 Å². The molecule has 24 heavy (non-hydrogen) atoms. The highest BCUT2D eigenvalue weighted by Crippen LogP contribution is 2.28. The first-order valence-corrected chi connectivity index (χ1v) is 7.17. The predicted molar refractivity (Wildman–Crippen MR) is 85.8 cm³/mol. The maximum atomic E-state index is 13.6. The molecule has 1 heterocycles. The van der Waals surface area contributed by atoms with E-state index in [9.17, 15) is 14.3 Å². The highest BCUT2D eigenvalue weighted by molar-refractivity contribution is 6.30. The van der Waals surface area contributed by atoms with Crippen LogP contribution >= 0.6 is 11.6 Å². The van der Waals surface area contributed by atoms with E-state index in [1.807, 2.05) is 0 Å². The van der Waals surface area contributed by atoms with Crippen LogP contribution in [-0.4, -0.2) is 21.7 Å². The maximum Gasteiger partial charge on any atom is 0.348 e. The molecule has 2 rings (SSSR count). The molecule has 1 aromatic carbocycles. The van der Waals surface area contributed by atoms with Gasteiger partial charge in [0.25, 0.3) is 5.88 Å². The summed E-state index contributed by atoms with van der Waals surface area (Å²) >= 11 is 5.62. The summed E-state index contributed by atoms with van der Waals surface area (Å²) in [6.07, 6.45) is 6.34. The van der Waals surface area contributed by atoms with Crippen molar-refractivity contribution in [2.75, 3.05) is 0 Å². The number of hydrogen-bond acceptors (Lipinski definition) is 4. The summed E-state index contributed by atoms with van der Waals surface area (Å²) in [7, 11) is 0. The zero-order valence-corrected chi connectivity index (χ0v) is 13.4. The Morgan fingerprint density at radius 3 is 2.58 bits per heavy atom. The van der Waals surface area contributed by atoms with Crippen LogP contribution in [0, 0.1) is 18.2 Å². The van der Waals surface area contributed by atoms with Crippen molar-refractivity contribution in [2.24, 2.45) is 0 Å². The molecule has 0 radical (unpaired) electrons. The smallest absolute Gasteiger partial charge is 0.348 e. The molecule has 2 aromatic rings. The lowest BCUT2D eigenvalue weighted by molar-refractivity contribution is -0.153. The van der Waals surface area contributed by atoms with Crippen molar-refractivity contribution in [2.45, 2.75) is 18.9 Å².